The third kappa shape index (κ3) is 4.44. The number of hydrogen-bond donors (Lipinski definition) is 1. The van der Waals surface area contributed by atoms with Crippen molar-refractivity contribution in [2.75, 3.05) is 5.32 Å². The molecule has 2 aromatic carbocycles. The molecule has 0 aliphatic carbocycles. The van der Waals surface area contributed by atoms with E-state index in [0.29, 0.717) is 29.6 Å². The molecule has 0 spiro atoms. The van der Waals surface area contributed by atoms with Gasteiger partial charge in [0.2, 0.25) is 17.6 Å². The maximum atomic E-state index is 11.2. The van der Waals surface area contributed by atoms with Crippen LogP contribution in [0.4, 0.5) is 5.69 Å². The SMILES string of the molecule is CC(=O)Nc1ccccc1OCc1noc(Cc2ccccc2C)n1. The van der Waals surface area contributed by atoms with E-state index in [0.717, 1.165) is 5.56 Å². The molecule has 1 N–H and O–H groups in total. The van der Waals surface area contributed by atoms with E-state index in [1.165, 1.54) is 12.5 Å². The number of carbonyl (C=O) groups is 1. The summed E-state index contributed by atoms with van der Waals surface area (Å²) in [5.41, 5.74) is 2.94. The molecule has 0 aliphatic rings. The van der Waals surface area contributed by atoms with Crippen LogP contribution in [-0.4, -0.2) is 16.0 Å². The summed E-state index contributed by atoms with van der Waals surface area (Å²) in [5.74, 6) is 1.41. The third-order valence-electron chi connectivity index (χ3n) is 3.67. The second-order valence-electron chi connectivity index (χ2n) is 5.67. The molecule has 1 heterocycles. The molecule has 0 bridgehead atoms. The van der Waals surface area contributed by atoms with Crippen molar-refractivity contribution >= 4 is 11.6 Å². The molecule has 0 saturated heterocycles. The Bertz CT molecular complexity index is 874. The fraction of sp³-hybridized carbons (Fsp3) is 0.211. The van der Waals surface area contributed by atoms with Gasteiger partial charge < -0.3 is 14.6 Å². The lowest BCUT2D eigenvalue weighted by Gasteiger charge is -2.09. The summed E-state index contributed by atoms with van der Waals surface area (Å²) in [6.07, 6.45) is 0.585. The molecule has 128 valence electrons. The Hall–Kier alpha value is -3.15. The number of rotatable bonds is 6. The van der Waals surface area contributed by atoms with Crippen LogP contribution < -0.4 is 10.1 Å². The van der Waals surface area contributed by atoms with Gasteiger partial charge in [-0.2, -0.15) is 4.98 Å². The summed E-state index contributed by atoms with van der Waals surface area (Å²) in [4.78, 5) is 15.6. The van der Waals surface area contributed by atoms with Gasteiger partial charge in [0.25, 0.3) is 0 Å². The molecule has 1 aromatic heterocycles. The molecule has 0 saturated carbocycles. The van der Waals surface area contributed by atoms with Gasteiger partial charge in [0.05, 0.1) is 12.1 Å². The zero-order valence-corrected chi connectivity index (χ0v) is 14.2. The molecule has 0 unspecified atom stereocenters. The van der Waals surface area contributed by atoms with Crippen molar-refractivity contribution in [3.63, 3.8) is 0 Å². The number of nitrogens with zero attached hydrogens (tertiary/aromatic N) is 2. The van der Waals surface area contributed by atoms with Crippen LogP contribution in [0.3, 0.4) is 0 Å². The fourth-order valence-corrected chi connectivity index (χ4v) is 2.42. The molecule has 25 heavy (non-hydrogen) atoms. The lowest BCUT2D eigenvalue weighted by atomic mass is 10.1. The van der Waals surface area contributed by atoms with Gasteiger partial charge >= 0.3 is 0 Å². The van der Waals surface area contributed by atoms with E-state index in [-0.39, 0.29) is 12.5 Å². The van der Waals surface area contributed by atoms with E-state index < -0.39 is 0 Å². The van der Waals surface area contributed by atoms with Crippen LogP contribution in [0.2, 0.25) is 0 Å². The van der Waals surface area contributed by atoms with Crippen molar-refractivity contribution in [3.8, 4) is 5.75 Å². The van der Waals surface area contributed by atoms with Crippen LogP contribution in [0.25, 0.3) is 0 Å². The van der Waals surface area contributed by atoms with Crippen molar-refractivity contribution in [2.24, 2.45) is 0 Å². The number of carbonyl (C=O) groups excluding carboxylic acids is 1. The molecule has 1 amide bonds. The highest BCUT2D eigenvalue weighted by Crippen LogP contribution is 2.24. The van der Waals surface area contributed by atoms with Gasteiger partial charge in [-0.1, -0.05) is 41.6 Å². The molecule has 0 fully saturated rings. The number of aromatic nitrogens is 2. The Morgan fingerprint density at radius 2 is 1.92 bits per heavy atom. The number of para-hydroxylation sites is 2. The number of hydrogen-bond acceptors (Lipinski definition) is 5. The van der Waals surface area contributed by atoms with Gasteiger partial charge in [-0.05, 0) is 30.2 Å². The van der Waals surface area contributed by atoms with Crippen LogP contribution >= 0.6 is 0 Å². The summed E-state index contributed by atoms with van der Waals surface area (Å²) in [5, 5.41) is 6.67. The van der Waals surface area contributed by atoms with E-state index in [9.17, 15) is 4.79 Å². The van der Waals surface area contributed by atoms with Crippen molar-refractivity contribution in [2.45, 2.75) is 26.9 Å². The van der Waals surface area contributed by atoms with Crippen molar-refractivity contribution in [3.05, 3.63) is 71.4 Å². The van der Waals surface area contributed by atoms with Crippen LogP contribution in [0.1, 0.15) is 29.8 Å². The Morgan fingerprint density at radius 1 is 1.16 bits per heavy atom. The molecule has 0 aliphatic heterocycles. The van der Waals surface area contributed by atoms with Gasteiger partial charge in [0.15, 0.2) is 6.61 Å². The monoisotopic (exact) mass is 337 g/mol. The van der Waals surface area contributed by atoms with E-state index in [2.05, 4.69) is 28.4 Å². The first kappa shape index (κ1) is 16.7. The summed E-state index contributed by atoms with van der Waals surface area (Å²) >= 11 is 0. The minimum atomic E-state index is -0.156. The first-order valence-electron chi connectivity index (χ1n) is 7.97. The predicted molar refractivity (Wildman–Crippen MR) is 93.4 cm³/mol. The van der Waals surface area contributed by atoms with E-state index >= 15 is 0 Å². The van der Waals surface area contributed by atoms with Crippen molar-refractivity contribution in [1.29, 1.82) is 0 Å². The van der Waals surface area contributed by atoms with Crippen LogP contribution in [0.5, 0.6) is 5.75 Å². The second kappa shape index (κ2) is 7.61. The van der Waals surface area contributed by atoms with E-state index in [1.807, 2.05) is 30.3 Å². The Morgan fingerprint density at radius 3 is 2.72 bits per heavy atom. The zero-order chi connectivity index (χ0) is 17.6. The first-order chi connectivity index (χ1) is 12.1. The normalized spacial score (nSPS) is 10.5. The number of anilines is 1. The summed E-state index contributed by atoms with van der Waals surface area (Å²) < 4.78 is 11.0. The fourth-order valence-electron chi connectivity index (χ4n) is 2.42. The van der Waals surface area contributed by atoms with Crippen molar-refractivity contribution < 1.29 is 14.1 Å². The zero-order valence-electron chi connectivity index (χ0n) is 14.2. The number of amides is 1. The molecule has 6 nitrogen and oxygen atoms in total. The van der Waals surface area contributed by atoms with Crippen LogP contribution in [-0.2, 0) is 17.8 Å². The molecule has 6 heteroatoms. The minimum Gasteiger partial charge on any atom is -0.483 e. The summed E-state index contributed by atoms with van der Waals surface area (Å²) in [7, 11) is 0. The number of benzene rings is 2. The van der Waals surface area contributed by atoms with E-state index in [4.69, 9.17) is 9.26 Å². The maximum Gasteiger partial charge on any atom is 0.231 e. The van der Waals surface area contributed by atoms with E-state index in [1.54, 1.807) is 12.1 Å². The van der Waals surface area contributed by atoms with Gasteiger partial charge in [-0.3, -0.25) is 4.79 Å². The molecular formula is C19H19N3O3. The number of ether oxygens (including phenoxy) is 1. The lowest BCUT2D eigenvalue weighted by molar-refractivity contribution is -0.114. The topological polar surface area (TPSA) is 77.2 Å². The maximum absolute atomic E-state index is 11.2. The number of nitrogens with one attached hydrogen (secondary N) is 1. The molecule has 3 aromatic rings. The van der Waals surface area contributed by atoms with Gasteiger partial charge in [0, 0.05) is 6.92 Å². The average Bonchev–Trinajstić information content (AvgIpc) is 3.03. The minimum absolute atomic E-state index is 0.156. The molecule has 0 atom stereocenters. The quantitative estimate of drug-likeness (QED) is 0.745. The highest BCUT2D eigenvalue weighted by atomic mass is 16.5. The van der Waals surface area contributed by atoms with Gasteiger partial charge in [0.1, 0.15) is 5.75 Å². The molecular weight excluding hydrogens is 318 g/mol. The second-order valence-corrected chi connectivity index (χ2v) is 5.67. The predicted octanol–water partition coefficient (Wildman–Crippen LogP) is 3.51. The van der Waals surface area contributed by atoms with Gasteiger partial charge in [-0.15, -0.1) is 0 Å². The largest absolute Gasteiger partial charge is 0.483 e. The van der Waals surface area contributed by atoms with Crippen LogP contribution in [0, 0.1) is 6.92 Å². The third-order valence-corrected chi connectivity index (χ3v) is 3.67. The Kier molecular flexibility index (Phi) is 5.09. The summed E-state index contributed by atoms with van der Waals surface area (Å²) in [6, 6.07) is 15.3. The average molecular weight is 337 g/mol. The first-order valence-corrected chi connectivity index (χ1v) is 7.97. The summed E-state index contributed by atoms with van der Waals surface area (Å²) in [6.45, 7) is 3.66. The smallest absolute Gasteiger partial charge is 0.231 e. The van der Waals surface area contributed by atoms with Gasteiger partial charge in [-0.25, -0.2) is 0 Å². The lowest BCUT2D eigenvalue weighted by Crippen LogP contribution is -2.08. The van der Waals surface area contributed by atoms with Crippen molar-refractivity contribution in [1.82, 2.24) is 10.1 Å². The Balaban J connectivity index is 1.65. The standard InChI is InChI=1S/C19H19N3O3/c1-13-7-3-4-8-15(13)11-19-21-18(22-25-19)12-24-17-10-6-5-9-16(17)20-14(2)23/h3-10H,11-12H2,1-2H3,(H,20,23). The highest BCUT2D eigenvalue weighted by Gasteiger charge is 2.11. The van der Waals surface area contributed by atoms with Crippen LogP contribution in [0.15, 0.2) is 53.1 Å². The highest BCUT2D eigenvalue weighted by molar-refractivity contribution is 5.90. The number of aryl methyl sites for hydroxylation is 1. The Labute approximate surface area is 145 Å². The molecule has 3 rings (SSSR count). The molecule has 0 radical (unpaired) electrons.